The third kappa shape index (κ3) is 2.79. The van der Waals surface area contributed by atoms with Gasteiger partial charge in [-0.05, 0) is 29.7 Å². The van der Waals surface area contributed by atoms with Gasteiger partial charge in [0.05, 0.1) is 19.7 Å². The molecule has 1 heterocycles. The Morgan fingerprint density at radius 2 is 1.95 bits per heavy atom. The normalized spacial score (nSPS) is 15.9. The Balaban J connectivity index is 1.86. The largest absolute Gasteiger partial charge is 0.497 e. The van der Waals surface area contributed by atoms with Crippen molar-refractivity contribution >= 4 is 16.5 Å². The smallest absolute Gasteiger partial charge is 0.119 e. The van der Waals surface area contributed by atoms with Crippen LogP contribution < -0.4 is 9.64 Å². The zero-order valence-corrected chi connectivity index (χ0v) is 12.2. The quantitative estimate of drug-likeness (QED) is 0.810. The lowest BCUT2D eigenvalue weighted by molar-refractivity contribution is 0.287. The van der Waals surface area contributed by atoms with Gasteiger partial charge >= 0.3 is 0 Å². The predicted molar refractivity (Wildman–Crippen MR) is 84.8 cm³/mol. The molecule has 1 fully saturated rings. The molecule has 0 aliphatic carbocycles. The number of nitriles is 1. The summed E-state index contributed by atoms with van der Waals surface area (Å²) in [6, 6.07) is 14.8. The van der Waals surface area contributed by atoms with Crippen LogP contribution in [0.2, 0.25) is 0 Å². The molecule has 4 nitrogen and oxygen atoms in total. The second-order valence-corrected chi connectivity index (χ2v) is 5.29. The van der Waals surface area contributed by atoms with Crippen LogP contribution in [0.3, 0.4) is 0 Å². The van der Waals surface area contributed by atoms with Gasteiger partial charge in [0.2, 0.25) is 0 Å². The van der Waals surface area contributed by atoms with E-state index in [4.69, 9.17) is 10.00 Å². The lowest BCUT2D eigenvalue weighted by Crippen LogP contribution is -2.46. The molecule has 0 amide bonds. The fourth-order valence-corrected chi connectivity index (χ4v) is 2.89. The lowest BCUT2D eigenvalue weighted by atomic mass is 10.1. The molecule has 0 saturated carbocycles. The van der Waals surface area contributed by atoms with E-state index in [2.05, 4.69) is 46.2 Å². The van der Waals surface area contributed by atoms with E-state index in [1.165, 1.54) is 16.5 Å². The van der Waals surface area contributed by atoms with Crippen LogP contribution in [0.4, 0.5) is 5.69 Å². The number of hydrogen-bond donors (Lipinski definition) is 0. The Bertz CT molecular complexity index is 669. The molecule has 2 aromatic carbocycles. The van der Waals surface area contributed by atoms with E-state index in [-0.39, 0.29) is 0 Å². The highest BCUT2D eigenvalue weighted by molar-refractivity contribution is 5.95. The average molecular weight is 281 g/mol. The van der Waals surface area contributed by atoms with Gasteiger partial charge < -0.3 is 9.64 Å². The Labute approximate surface area is 125 Å². The second kappa shape index (κ2) is 6.02. The van der Waals surface area contributed by atoms with Gasteiger partial charge in [-0.2, -0.15) is 5.26 Å². The summed E-state index contributed by atoms with van der Waals surface area (Å²) in [4.78, 5) is 4.60. The number of ether oxygens (including phenoxy) is 1. The molecule has 0 spiro atoms. The first-order valence-electron chi connectivity index (χ1n) is 7.23. The van der Waals surface area contributed by atoms with Crippen molar-refractivity contribution in [3.63, 3.8) is 0 Å². The summed E-state index contributed by atoms with van der Waals surface area (Å²) in [5.41, 5.74) is 1.27. The molecule has 0 atom stereocenters. The van der Waals surface area contributed by atoms with E-state index in [1.807, 2.05) is 6.07 Å². The average Bonchev–Trinajstić information content (AvgIpc) is 2.55. The van der Waals surface area contributed by atoms with Crippen molar-refractivity contribution in [2.75, 3.05) is 44.7 Å². The third-order valence-corrected chi connectivity index (χ3v) is 4.07. The maximum absolute atomic E-state index is 8.78. The minimum Gasteiger partial charge on any atom is -0.497 e. The van der Waals surface area contributed by atoms with Gasteiger partial charge in [0, 0.05) is 37.3 Å². The summed E-state index contributed by atoms with van der Waals surface area (Å²) in [7, 11) is 1.69. The Morgan fingerprint density at radius 1 is 1.14 bits per heavy atom. The molecule has 0 bridgehead atoms. The monoisotopic (exact) mass is 281 g/mol. The Hall–Kier alpha value is -2.25. The summed E-state index contributed by atoms with van der Waals surface area (Å²) in [5.74, 6) is 0.887. The topological polar surface area (TPSA) is 39.5 Å². The fourth-order valence-electron chi connectivity index (χ4n) is 2.89. The number of hydrogen-bond acceptors (Lipinski definition) is 4. The highest BCUT2D eigenvalue weighted by Gasteiger charge is 2.18. The number of nitrogens with zero attached hydrogens (tertiary/aromatic N) is 3. The molecular formula is C17H19N3O. The van der Waals surface area contributed by atoms with Crippen molar-refractivity contribution < 1.29 is 4.74 Å². The molecule has 0 unspecified atom stereocenters. The van der Waals surface area contributed by atoms with Gasteiger partial charge in [-0.1, -0.05) is 12.1 Å². The van der Waals surface area contributed by atoms with E-state index in [1.54, 1.807) is 7.11 Å². The zero-order chi connectivity index (χ0) is 14.7. The maximum Gasteiger partial charge on any atom is 0.119 e. The van der Waals surface area contributed by atoms with Crippen LogP contribution in [0.25, 0.3) is 10.8 Å². The summed E-state index contributed by atoms with van der Waals surface area (Å²) >= 11 is 0. The van der Waals surface area contributed by atoms with Crippen LogP contribution in [0, 0.1) is 11.3 Å². The van der Waals surface area contributed by atoms with Crippen molar-refractivity contribution in [2.24, 2.45) is 0 Å². The van der Waals surface area contributed by atoms with Gasteiger partial charge in [0.1, 0.15) is 5.75 Å². The number of fused-ring (bicyclic) bond motifs is 1. The molecule has 1 aliphatic rings. The number of anilines is 1. The van der Waals surface area contributed by atoms with E-state index >= 15 is 0 Å². The minimum absolute atomic E-state index is 0.528. The van der Waals surface area contributed by atoms with Gasteiger partial charge in [0.15, 0.2) is 0 Å². The van der Waals surface area contributed by atoms with Crippen molar-refractivity contribution in [3.8, 4) is 11.8 Å². The molecular weight excluding hydrogens is 262 g/mol. The first-order chi connectivity index (χ1) is 10.3. The van der Waals surface area contributed by atoms with Gasteiger partial charge in [0.25, 0.3) is 0 Å². The molecule has 0 radical (unpaired) electrons. The molecule has 1 aliphatic heterocycles. The van der Waals surface area contributed by atoms with Crippen molar-refractivity contribution in [1.29, 1.82) is 5.26 Å². The lowest BCUT2D eigenvalue weighted by Gasteiger charge is -2.35. The van der Waals surface area contributed by atoms with E-state index in [9.17, 15) is 0 Å². The summed E-state index contributed by atoms with van der Waals surface area (Å²) < 4.78 is 5.30. The van der Waals surface area contributed by atoms with Gasteiger partial charge in [-0.15, -0.1) is 0 Å². The van der Waals surface area contributed by atoms with Gasteiger partial charge in [-0.25, -0.2) is 0 Å². The molecule has 21 heavy (non-hydrogen) atoms. The van der Waals surface area contributed by atoms with Crippen LogP contribution in [-0.2, 0) is 0 Å². The van der Waals surface area contributed by atoms with Crippen molar-refractivity contribution in [2.45, 2.75) is 0 Å². The van der Waals surface area contributed by atoms with Crippen molar-refractivity contribution in [1.82, 2.24) is 4.90 Å². The van der Waals surface area contributed by atoms with E-state index < -0.39 is 0 Å². The number of piperazine rings is 1. The maximum atomic E-state index is 8.78. The molecule has 3 rings (SSSR count). The predicted octanol–water partition coefficient (Wildman–Crippen LogP) is 2.49. The summed E-state index contributed by atoms with van der Waals surface area (Å²) in [5, 5.41) is 11.2. The minimum atomic E-state index is 0.528. The molecule has 1 saturated heterocycles. The van der Waals surface area contributed by atoms with Crippen LogP contribution in [0.1, 0.15) is 0 Å². The standard InChI is InChI=1S/C17H19N3O/c1-21-15-5-6-16-14(13-15)3-2-4-17(16)20-11-9-19(8-7-18)10-12-20/h2-6,13H,8-12H2,1H3. The third-order valence-electron chi connectivity index (χ3n) is 4.07. The van der Waals surface area contributed by atoms with Crippen LogP contribution >= 0.6 is 0 Å². The SMILES string of the molecule is COc1ccc2c(N3CCN(CC#N)CC3)cccc2c1. The summed E-state index contributed by atoms with van der Waals surface area (Å²) in [6.45, 7) is 4.35. The Kier molecular flexibility index (Phi) is 3.94. The first-order valence-corrected chi connectivity index (χ1v) is 7.23. The van der Waals surface area contributed by atoms with Crippen LogP contribution in [-0.4, -0.2) is 44.7 Å². The number of rotatable bonds is 3. The highest BCUT2D eigenvalue weighted by atomic mass is 16.5. The molecule has 108 valence electrons. The highest BCUT2D eigenvalue weighted by Crippen LogP contribution is 2.30. The van der Waals surface area contributed by atoms with Crippen molar-refractivity contribution in [3.05, 3.63) is 36.4 Å². The molecule has 2 aromatic rings. The zero-order valence-electron chi connectivity index (χ0n) is 12.2. The van der Waals surface area contributed by atoms with Crippen LogP contribution in [0.15, 0.2) is 36.4 Å². The van der Waals surface area contributed by atoms with Gasteiger partial charge in [-0.3, -0.25) is 4.90 Å². The Morgan fingerprint density at radius 3 is 2.67 bits per heavy atom. The second-order valence-electron chi connectivity index (χ2n) is 5.29. The molecule has 0 aromatic heterocycles. The molecule has 0 N–H and O–H groups in total. The number of methoxy groups -OCH3 is 1. The van der Waals surface area contributed by atoms with E-state index in [0.717, 1.165) is 31.9 Å². The summed E-state index contributed by atoms with van der Waals surface area (Å²) in [6.07, 6.45) is 0. The van der Waals surface area contributed by atoms with E-state index in [0.29, 0.717) is 6.54 Å². The number of benzene rings is 2. The molecule has 4 heteroatoms. The van der Waals surface area contributed by atoms with Crippen LogP contribution in [0.5, 0.6) is 5.75 Å². The first kappa shape index (κ1) is 13.7. The fraction of sp³-hybridized carbons (Fsp3) is 0.353.